The summed E-state index contributed by atoms with van der Waals surface area (Å²) in [5.74, 6) is -0.251. The predicted octanol–water partition coefficient (Wildman–Crippen LogP) is 2.95. The number of amides is 1. The normalized spacial score (nSPS) is 11.3. The largest absolute Gasteiger partial charge is 0.439 e. The number of sulfonamides is 1. The molecule has 3 aromatic rings. The lowest BCUT2D eigenvalue weighted by atomic mass is 10.3. The number of hydrogen-bond donors (Lipinski definition) is 1. The van der Waals surface area contributed by atoms with Gasteiger partial charge in [-0.05, 0) is 29.8 Å². The first-order valence-electron chi connectivity index (χ1n) is 9.01. The van der Waals surface area contributed by atoms with Crippen LogP contribution in [-0.2, 0) is 21.4 Å². The van der Waals surface area contributed by atoms with Gasteiger partial charge in [-0.2, -0.15) is 4.31 Å². The average molecular weight is 429 g/mol. The van der Waals surface area contributed by atoms with Crippen molar-refractivity contribution in [1.82, 2.24) is 14.6 Å². The van der Waals surface area contributed by atoms with Crippen LogP contribution in [0.3, 0.4) is 0 Å². The molecule has 3 rings (SSSR count). The first-order chi connectivity index (χ1) is 14.3. The van der Waals surface area contributed by atoms with Crippen molar-refractivity contribution in [3.63, 3.8) is 0 Å². The molecule has 2 aromatic carbocycles. The number of pyridine rings is 1. The molecule has 1 aromatic heterocycles. The van der Waals surface area contributed by atoms with Crippen LogP contribution in [0, 0.1) is 5.82 Å². The lowest BCUT2D eigenvalue weighted by Gasteiger charge is -2.16. The number of nitrogens with zero attached hydrogens (tertiary/aromatic N) is 2. The second-order valence-corrected chi connectivity index (χ2v) is 8.46. The van der Waals surface area contributed by atoms with Gasteiger partial charge in [-0.15, -0.1) is 0 Å². The molecule has 0 unspecified atom stereocenters. The summed E-state index contributed by atoms with van der Waals surface area (Å²) < 4.78 is 44.5. The maximum atomic E-state index is 13.2. The number of likely N-dealkylation sites (N-methyl/N-ethyl adjacent to an activating group) is 1. The minimum atomic E-state index is -3.74. The smallest absolute Gasteiger partial charge is 0.243 e. The Bertz CT molecular complexity index is 1110. The van der Waals surface area contributed by atoms with E-state index in [4.69, 9.17) is 4.74 Å². The van der Waals surface area contributed by atoms with E-state index in [0.29, 0.717) is 11.3 Å². The lowest BCUT2D eigenvalue weighted by Crippen LogP contribution is -2.38. The molecule has 1 N–H and O–H groups in total. The summed E-state index contributed by atoms with van der Waals surface area (Å²) in [5, 5.41) is 2.65. The maximum absolute atomic E-state index is 13.2. The summed E-state index contributed by atoms with van der Waals surface area (Å²) in [6.07, 6.45) is 1.51. The van der Waals surface area contributed by atoms with Crippen LogP contribution in [0.5, 0.6) is 11.6 Å². The minimum Gasteiger partial charge on any atom is -0.439 e. The van der Waals surface area contributed by atoms with Gasteiger partial charge in [0.15, 0.2) is 0 Å². The number of carbonyl (C=O) groups excluding carboxylic acids is 1. The van der Waals surface area contributed by atoms with Gasteiger partial charge in [-0.1, -0.05) is 30.3 Å². The number of nitrogens with one attached hydrogen (secondary N) is 1. The number of rotatable bonds is 8. The summed E-state index contributed by atoms with van der Waals surface area (Å²) >= 11 is 0. The van der Waals surface area contributed by atoms with Crippen LogP contribution in [0.2, 0.25) is 0 Å². The fourth-order valence-corrected chi connectivity index (χ4v) is 3.69. The topological polar surface area (TPSA) is 88.6 Å². The van der Waals surface area contributed by atoms with Gasteiger partial charge in [0, 0.05) is 31.9 Å². The molecule has 0 atom stereocenters. The molecular weight excluding hydrogens is 409 g/mol. The van der Waals surface area contributed by atoms with Gasteiger partial charge in [-0.3, -0.25) is 4.79 Å². The standard InChI is InChI=1S/C21H20FN3O4S/c1-25(30(27,28)19-8-3-2-4-9-19)15-20(26)23-13-16-10-11-21(24-14-16)29-18-7-5-6-17(22)12-18/h2-12,14H,13,15H2,1H3,(H,23,26). The third-order valence-electron chi connectivity index (χ3n) is 4.12. The van der Waals surface area contributed by atoms with E-state index in [0.717, 1.165) is 4.31 Å². The Labute approximate surface area is 174 Å². The molecule has 9 heteroatoms. The van der Waals surface area contributed by atoms with Gasteiger partial charge in [0.05, 0.1) is 11.4 Å². The van der Waals surface area contributed by atoms with E-state index in [1.54, 1.807) is 36.4 Å². The molecule has 0 saturated carbocycles. The molecule has 30 heavy (non-hydrogen) atoms. The Balaban J connectivity index is 1.52. The van der Waals surface area contributed by atoms with Crippen LogP contribution in [-0.4, -0.2) is 37.2 Å². The number of hydrogen-bond acceptors (Lipinski definition) is 5. The van der Waals surface area contributed by atoms with Crippen LogP contribution >= 0.6 is 0 Å². The fraction of sp³-hybridized carbons (Fsp3) is 0.143. The molecule has 7 nitrogen and oxygen atoms in total. The highest BCUT2D eigenvalue weighted by Gasteiger charge is 2.22. The summed E-state index contributed by atoms with van der Waals surface area (Å²) in [6, 6.07) is 16.9. The monoisotopic (exact) mass is 429 g/mol. The molecule has 156 valence electrons. The van der Waals surface area contributed by atoms with Crippen molar-refractivity contribution in [3.8, 4) is 11.6 Å². The number of aromatic nitrogens is 1. The Morgan fingerprint density at radius 1 is 1.10 bits per heavy atom. The molecular formula is C21H20FN3O4S. The first-order valence-corrected chi connectivity index (χ1v) is 10.4. The highest BCUT2D eigenvalue weighted by Crippen LogP contribution is 2.20. The number of halogens is 1. The third-order valence-corrected chi connectivity index (χ3v) is 5.94. The molecule has 0 fully saturated rings. The predicted molar refractivity (Wildman–Crippen MR) is 109 cm³/mol. The Morgan fingerprint density at radius 2 is 1.87 bits per heavy atom. The molecule has 0 aliphatic rings. The molecule has 0 spiro atoms. The summed E-state index contributed by atoms with van der Waals surface area (Å²) in [5.41, 5.74) is 0.698. The fourth-order valence-electron chi connectivity index (χ4n) is 2.54. The highest BCUT2D eigenvalue weighted by molar-refractivity contribution is 7.89. The molecule has 0 aliphatic carbocycles. The minimum absolute atomic E-state index is 0.124. The second kappa shape index (κ2) is 9.47. The Hall–Kier alpha value is -3.30. The van der Waals surface area contributed by atoms with E-state index < -0.39 is 21.7 Å². The zero-order valence-corrected chi connectivity index (χ0v) is 17.0. The zero-order valence-electron chi connectivity index (χ0n) is 16.2. The van der Waals surface area contributed by atoms with Crippen molar-refractivity contribution in [2.45, 2.75) is 11.4 Å². The van der Waals surface area contributed by atoms with Crippen LogP contribution in [0.1, 0.15) is 5.56 Å². The van der Waals surface area contributed by atoms with Crippen molar-refractivity contribution in [3.05, 3.63) is 84.3 Å². The molecule has 0 radical (unpaired) electrons. The lowest BCUT2D eigenvalue weighted by molar-refractivity contribution is -0.121. The van der Waals surface area contributed by atoms with E-state index in [-0.39, 0.29) is 23.9 Å². The SMILES string of the molecule is CN(CC(=O)NCc1ccc(Oc2cccc(F)c2)nc1)S(=O)(=O)c1ccccc1. The number of benzene rings is 2. The molecule has 0 saturated heterocycles. The van der Waals surface area contributed by atoms with Gasteiger partial charge in [0.1, 0.15) is 11.6 Å². The van der Waals surface area contributed by atoms with Gasteiger partial charge in [-0.25, -0.2) is 17.8 Å². The van der Waals surface area contributed by atoms with Crippen LogP contribution in [0.15, 0.2) is 77.8 Å². The van der Waals surface area contributed by atoms with E-state index in [1.165, 1.54) is 43.6 Å². The van der Waals surface area contributed by atoms with Crippen LogP contribution < -0.4 is 10.1 Å². The third kappa shape index (κ3) is 5.62. The van der Waals surface area contributed by atoms with Gasteiger partial charge >= 0.3 is 0 Å². The molecule has 0 aliphatic heterocycles. The van der Waals surface area contributed by atoms with E-state index >= 15 is 0 Å². The van der Waals surface area contributed by atoms with Crippen molar-refractivity contribution in [1.29, 1.82) is 0 Å². The van der Waals surface area contributed by atoms with Crippen molar-refractivity contribution in [2.24, 2.45) is 0 Å². The molecule has 1 amide bonds. The van der Waals surface area contributed by atoms with Crippen molar-refractivity contribution < 1.29 is 22.3 Å². The van der Waals surface area contributed by atoms with Crippen LogP contribution in [0.25, 0.3) is 0 Å². The summed E-state index contributed by atoms with van der Waals surface area (Å²) in [4.78, 5) is 16.4. The first kappa shape index (κ1) is 21.4. The molecule has 0 bridgehead atoms. The van der Waals surface area contributed by atoms with Gasteiger partial charge in [0.25, 0.3) is 0 Å². The van der Waals surface area contributed by atoms with Crippen LogP contribution in [0.4, 0.5) is 4.39 Å². The van der Waals surface area contributed by atoms with Gasteiger partial charge in [0.2, 0.25) is 21.8 Å². The van der Waals surface area contributed by atoms with Gasteiger partial charge < -0.3 is 10.1 Å². The van der Waals surface area contributed by atoms with Crippen molar-refractivity contribution in [2.75, 3.05) is 13.6 Å². The highest BCUT2D eigenvalue weighted by atomic mass is 32.2. The number of ether oxygens (including phenoxy) is 1. The summed E-state index contributed by atoms with van der Waals surface area (Å²) in [6.45, 7) is -0.142. The van der Waals surface area contributed by atoms with E-state index in [2.05, 4.69) is 10.3 Å². The number of carbonyl (C=O) groups is 1. The van der Waals surface area contributed by atoms with E-state index in [1.807, 2.05) is 0 Å². The van der Waals surface area contributed by atoms with Crippen molar-refractivity contribution >= 4 is 15.9 Å². The van der Waals surface area contributed by atoms with E-state index in [9.17, 15) is 17.6 Å². The summed E-state index contributed by atoms with van der Waals surface area (Å²) in [7, 11) is -2.39. The Kier molecular flexibility index (Phi) is 6.76. The molecule has 1 heterocycles. The zero-order chi connectivity index (χ0) is 21.6. The maximum Gasteiger partial charge on any atom is 0.243 e. The average Bonchev–Trinajstić information content (AvgIpc) is 2.74. The quantitative estimate of drug-likeness (QED) is 0.595. The Morgan fingerprint density at radius 3 is 2.53 bits per heavy atom. The second-order valence-electron chi connectivity index (χ2n) is 6.41.